The normalized spacial score (nSPS) is 22.9. The fourth-order valence-corrected chi connectivity index (χ4v) is 2.71. The summed E-state index contributed by atoms with van der Waals surface area (Å²) in [5.41, 5.74) is 5.48. The minimum Gasteiger partial charge on any atom is -0.463 e. The van der Waals surface area contributed by atoms with E-state index in [2.05, 4.69) is 15.0 Å². The van der Waals surface area contributed by atoms with Gasteiger partial charge in [-0.3, -0.25) is 23.9 Å². The number of nitrogens with two attached hydrogens (primary N) is 1. The molecule has 3 heterocycles. The Labute approximate surface area is 141 Å². The molecule has 1 aliphatic heterocycles. The first kappa shape index (κ1) is 16.9. The number of nitrogens with one attached hydrogen (secondary N) is 1. The average Bonchev–Trinajstić information content (AvgIpc) is 3.08. The topological polar surface area (TPSA) is 151 Å². The molecule has 1 aliphatic rings. The largest absolute Gasteiger partial charge is 0.463 e. The Morgan fingerprint density at radius 1 is 1.44 bits per heavy atom. The molecule has 25 heavy (non-hydrogen) atoms. The molecule has 0 spiro atoms. The van der Waals surface area contributed by atoms with Crippen molar-refractivity contribution in [3.8, 4) is 0 Å². The van der Waals surface area contributed by atoms with Gasteiger partial charge in [-0.1, -0.05) is 0 Å². The summed E-state index contributed by atoms with van der Waals surface area (Å²) >= 11 is 0. The van der Waals surface area contributed by atoms with Gasteiger partial charge in [0.1, 0.15) is 25.0 Å². The highest BCUT2D eigenvalue weighted by atomic mass is 16.6. The Morgan fingerprint density at radius 3 is 2.88 bits per heavy atom. The molecule has 3 rings (SSSR count). The van der Waals surface area contributed by atoms with Crippen LogP contribution >= 0.6 is 0 Å². The minimum absolute atomic E-state index is 0.0507. The Morgan fingerprint density at radius 2 is 2.20 bits per heavy atom. The second-order valence-corrected chi connectivity index (χ2v) is 5.59. The summed E-state index contributed by atoms with van der Waals surface area (Å²) in [6.45, 7) is 2.49. The molecule has 1 fully saturated rings. The number of esters is 2. The Balaban J connectivity index is 1.89. The second kappa shape index (κ2) is 6.51. The Kier molecular flexibility index (Phi) is 4.40. The van der Waals surface area contributed by atoms with Crippen LogP contribution in [-0.2, 0) is 23.8 Å². The lowest BCUT2D eigenvalue weighted by Crippen LogP contribution is -2.31. The number of anilines is 1. The number of rotatable bonds is 4. The first-order valence-corrected chi connectivity index (χ1v) is 7.53. The summed E-state index contributed by atoms with van der Waals surface area (Å²) in [6.07, 6.45) is -0.182. The number of nitrogens with zero attached hydrogens (tertiary/aromatic N) is 3. The fraction of sp³-hybridized carbons (Fsp3) is 0.500. The van der Waals surface area contributed by atoms with Gasteiger partial charge in [0.05, 0.1) is 6.33 Å². The zero-order chi connectivity index (χ0) is 18.1. The third-order valence-corrected chi connectivity index (χ3v) is 3.71. The number of nitrogen functional groups attached to an aromatic ring is 1. The predicted octanol–water partition coefficient (Wildman–Crippen LogP) is -0.516. The van der Waals surface area contributed by atoms with E-state index in [-0.39, 0.29) is 30.1 Å². The van der Waals surface area contributed by atoms with Gasteiger partial charge in [-0.2, -0.15) is 4.98 Å². The third-order valence-electron chi connectivity index (χ3n) is 3.71. The van der Waals surface area contributed by atoms with Crippen LogP contribution in [0, 0.1) is 0 Å². The maximum atomic E-state index is 11.9. The van der Waals surface area contributed by atoms with Gasteiger partial charge in [-0.15, -0.1) is 0 Å². The van der Waals surface area contributed by atoms with Crippen molar-refractivity contribution in [2.24, 2.45) is 0 Å². The van der Waals surface area contributed by atoms with E-state index in [9.17, 15) is 14.4 Å². The van der Waals surface area contributed by atoms with Crippen molar-refractivity contribution < 1.29 is 23.8 Å². The van der Waals surface area contributed by atoms with E-state index >= 15 is 0 Å². The molecular formula is C14H17N5O6. The highest BCUT2D eigenvalue weighted by Crippen LogP contribution is 2.32. The lowest BCUT2D eigenvalue weighted by atomic mass is 10.2. The van der Waals surface area contributed by atoms with Crippen molar-refractivity contribution in [1.82, 2.24) is 19.5 Å². The number of hydrogen-bond donors (Lipinski definition) is 2. The van der Waals surface area contributed by atoms with E-state index in [1.54, 1.807) is 0 Å². The van der Waals surface area contributed by atoms with Crippen LogP contribution in [0.4, 0.5) is 5.95 Å². The lowest BCUT2D eigenvalue weighted by Gasteiger charge is -2.17. The summed E-state index contributed by atoms with van der Waals surface area (Å²) < 4.78 is 17.6. The van der Waals surface area contributed by atoms with E-state index in [1.165, 1.54) is 24.7 Å². The third kappa shape index (κ3) is 3.45. The summed E-state index contributed by atoms with van der Waals surface area (Å²) in [6, 6.07) is 0. The molecule has 3 N–H and O–H groups in total. The SMILES string of the molecule is CC(=O)OC[C@H]1O[C@@H](n2cnc3c(=O)[nH]c(N)nc32)CC1OC(C)=O. The van der Waals surface area contributed by atoms with Crippen LogP contribution < -0.4 is 11.3 Å². The van der Waals surface area contributed by atoms with Crippen LogP contribution in [0.25, 0.3) is 11.2 Å². The average molecular weight is 351 g/mol. The first-order chi connectivity index (χ1) is 11.8. The van der Waals surface area contributed by atoms with Crippen LogP contribution in [-0.4, -0.2) is 50.3 Å². The molecule has 0 amide bonds. The number of carbonyl (C=O) groups excluding carboxylic acids is 2. The number of carbonyl (C=O) groups is 2. The van der Waals surface area contributed by atoms with Gasteiger partial charge in [0.2, 0.25) is 5.95 Å². The molecule has 0 aromatic carbocycles. The minimum atomic E-state index is -0.644. The molecule has 11 heteroatoms. The van der Waals surface area contributed by atoms with Gasteiger partial charge in [-0.05, 0) is 0 Å². The van der Waals surface area contributed by atoms with Crippen molar-refractivity contribution in [1.29, 1.82) is 0 Å². The molecule has 134 valence electrons. The molecule has 0 bridgehead atoms. The van der Waals surface area contributed by atoms with Crippen molar-refractivity contribution >= 4 is 29.1 Å². The second-order valence-electron chi connectivity index (χ2n) is 5.59. The van der Waals surface area contributed by atoms with Crippen molar-refractivity contribution in [3.05, 3.63) is 16.7 Å². The van der Waals surface area contributed by atoms with Gasteiger partial charge in [0.15, 0.2) is 11.2 Å². The molecule has 2 aromatic rings. The van der Waals surface area contributed by atoms with Gasteiger partial charge in [0.25, 0.3) is 5.56 Å². The molecule has 2 aromatic heterocycles. The number of hydrogen-bond acceptors (Lipinski definition) is 9. The molecular weight excluding hydrogens is 334 g/mol. The highest BCUT2D eigenvalue weighted by Gasteiger charge is 2.40. The summed E-state index contributed by atoms with van der Waals surface area (Å²) in [7, 11) is 0. The summed E-state index contributed by atoms with van der Waals surface area (Å²) in [5, 5.41) is 0. The zero-order valence-corrected chi connectivity index (χ0v) is 13.6. The monoisotopic (exact) mass is 351 g/mol. The molecule has 0 aliphatic carbocycles. The van der Waals surface area contributed by atoms with E-state index < -0.39 is 35.9 Å². The van der Waals surface area contributed by atoms with Crippen LogP contribution in [0.3, 0.4) is 0 Å². The van der Waals surface area contributed by atoms with Crippen molar-refractivity contribution in [2.75, 3.05) is 12.3 Å². The molecule has 11 nitrogen and oxygen atoms in total. The van der Waals surface area contributed by atoms with Gasteiger partial charge in [-0.25, -0.2) is 4.98 Å². The molecule has 1 unspecified atom stereocenters. The summed E-state index contributed by atoms with van der Waals surface area (Å²) in [4.78, 5) is 44.6. The lowest BCUT2D eigenvalue weighted by molar-refractivity contribution is -0.155. The van der Waals surface area contributed by atoms with Crippen molar-refractivity contribution in [2.45, 2.75) is 38.7 Å². The highest BCUT2D eigenvalue weighted by molar-refractivity contribution is 5.70. The van der Waals surface area contributed by atoms with Gasteiger partial charge in [0, 0.05) is 20.3 Å². The van der Waals surface area contributed by atoms with E-state index in [4.69, 9.17) is 19.9 Å². The van der Waals surface area contributed by atoms with Gasteiger partial charge < -0.3 is 19.9 Å². The molecule has 3 atom stereocenters. The first-order valence-electron chi connectivity index (χ1n) is 7.53. The Hall–Kier alpha value is -2.95. The smallest absolute Gasteiger partial charge is 0.303 e. The maximum absolute atomic E-state index is 11.9. The number of H-pyrrole nitrogens is 1. The van der Waals surface area contributed by atoms with E-state index in [0.717, 1.165) is 0 Å². The number of aromatic nitrogens is 4. The van der Waals surface area contributed by atoms with Crippen LogP contribution in [0.2, 0.25) is 0 Å². The number of aromatic amines is 1. The number of ether oxygens (including phenoxy) is 3. The number of fused-ring (bicyclic) bond motifs is 1. The molecule has 1 saturated heterocycles. The van der Waals surface area contributed by atoms with Gasteiger partial charge >= 0.3 is 11.9 Å². The predicted molar refractivity (Wildman–Crippen MR) is 83.3 cm³/mol. The maximum Gasteiger partial charge on any atom is 0.303 e. The van der Waals surface area contributed by atoms with E-state index in [1.807, 2.05) is 0 Å². The van der Waals surface area contributed by atoms with Crippen LogP contribution in [0.1, 0.15) is 26.5 Å². The zero-order valence-electron chi connectivity index (χ0n) is 13.6. The Bertz CT molecular complexity index is 874. The van der Waals surface area contributed by atoms with Crippen LogP contribution in [0.15, 0.2) is 11.1 Å². The molecule has 0 radical (unpaired) electrons. The van der Waals surface area contributed by atoms with Crippen molar-refractivity contribution in [3.63, 3.8) is 0 Å². The standard InChI is InChI=1S/C14H17N5O6/c1-6(20)23-4-9-8(24-7(2)21)3-10(25-9)19-5-16-11-12(19)17-14(15)18-13(11)22/h5,8-10H,3-4H2,1-2H3,(H3,15,17,18,22)/t8?,9-,10-/m1/s1. The van der Waals surface area contributed by atoms with Crippen LogP contribution in [0.5, 0.6) is 0 Å². The number of imidazole rings is 1. The quantitative estimate of drug-likeness (QED) is 0.693. The van der Waals surface area contributed by atoms with E-state index in [0.29, 0.717) is 0 Å². The fourth-order valence-electron chi connectivity index (χ4n) is 2.71. The summed E-state index contributed by atoms with van der Waals surface area (Å²) in [5.74, 6) is -0.996. The molecule has 0 saturated carbocycles.